The first-order valence-corrected chi connectivity index (χ1v) is 8.41. The Morgan fingerprint density at radius 3 is 2.56 bits per heavy atom. The summed E-state index contributed by atoms with van der Waals surface area (Å²) >= 11 is 0. The normalized spacial score (nSPS) is 14.4. The highest BCUT2D eigenvalue weighted by atomic mass is 16.5. The highest BCUT2D eigenvalue weighted by Crippen LogP contribution is 2.41. The zero-order valence-corrected chi connectivity index (χ0v) is 14.4. The van der Waals surface area contributed by atoms with Crippen molar-refractivity contribution in [1.82, 2.24) is 15.3 Å². The SMILES string of the molecule is COc1cccc(OC)c1-c1ccnc2[nH]c(C3=CCNCC3)cc12. The van der Waals surface area contributed by atoms with Crippen molar-refractivity contribution in [2.45, 2.75) is 6.42 Å². The van der Waals surface area contributed by atoms with Crippen LogP contribution in [0.25, 0.3) is 27.7 Å². The van der Waals surface area contributed by atoms with E-state index in [2.05, 4.69) is 27.4 Å². The first-order valence-electron chi connectivity index (χ1n) is 8.41. The second kappa shape index (κ2) is 6.61. The van der Waals surface area contributed by atoms with Crippen molar-refractivity contribution >= 4 is 16.6 Å². The summed E-state index contributed by atoms with van der Waals surface area (Å²) in [4.78, 5) is 7.98. The Balaban J connectivity index is 1.92. The summed E-state index contributed by atoms with van der Waals surface area (Å²) in [6.07, 6.45) is 5.07. The first kappa shape index (κ1) is 15.7. The van der Waals surface area contributed by atoms with Crippen LogP contribution >= 0.6 is 0 Å². The lowest BCUT2D eigenvalue weighted by Crippen LogP contribution is -2.20. The highest BCUT2D eigenvalue weighted by molar-refractivity contribution is 5.98. The molecule has 0 fully saturated rings. The minimum Gasteiger partial charge on any atom is -0.496 e. The summed E-state index contributed by atoms with van der Waals surface area (Å²) in [6.45, 7) is 1.91. The minimum absolute atomic E-state index is 0.788. The molecule has 0 saturated heterocycles. The average molecular weight is 335 g/mol. The number of hydrogen-bond acceptors (Lipinski definition) is 4. The van der Waals surface area contributed by atoms with Gasteiger partial charge < -0.3 is 19.8 Å². The molecule has 3 heterocycles. The second-order valence-electron chi connectivity index (χ2n) is 6.02. The van der Waals surface area contributed by atoms with Crippen LogP contribution in [-0.4, -0.2) is 37.3 Å². The van der Waals surface area contributed by atoms with Gasteiger partial charge in [-0.1, -0.05) is 12.1 Å². The molecule has 2 N–H and O–H groups in total. The monoisotopic (exact) mass is 335 g/mol. The van der Waals surface area contributed by atoms with Gasteiger partial charge in [0, 0.05) is 29.4 Å². The number of ether oxygens (including phenoxy) is 2. The zero-order chi connectivity index (χ0) is 17.2. The van der Waals surface area contributed by atoms with E-state index in [1.165, 1.54) is 5.57 Å². The van der Waals surface area contributed by atoms with Gasteiger partial charge in [0.1, 0.15) is 17.1 Å². The molecule has 5 nitrogen and oxygen atoms in total. The fourth-order valence-corrected chi connectivity index (χ4v) is 3.40. The van der Waals surface area contributed by atoms with Crippen molar-refractivity contribution in [3.8, 4) is 22.6 Å². The van der Waals surface area contributed by atoms with Crippen molar-refractivity contribution in [3.05, 3.63) is 48.3 Å². The zero-order valence-electron chi connectivity index (χ0n) is 14.4. The molecule has 0 radical (unpaired) electrons. The third-order valence-electron chi connectivity index (χ3n) is 4.64. The lowest BCUT2D eigenvalue weighted by molar-refractivity contribution is 0.397. The van der Waals surface area contributed by atoms with Crippen molar-refractivity contribution in [1.29, 1.82) is 0 Å². The summed E-state index contributed by atoms with van der Waals surface area (Å²) in [5.74, 6) is 1.58. The summed E-state index contributed by atoms with van der Waals surface area (Å²) < 4.78 is 11.2. The Morgan fingerprint density at radius 1 is 1.08 bits per heavy atom. The predicted molar refractivity (Wildman–Crippen MR) is 100 cm³/mol. The van der Waals surface area contributed by atoms with E-state index >= 15 is 0 Å². The fourth-order valence-electron chi connectivity index (χ4n) is 3.40. The maximum absolute atomic E-state index is 5.58. The van der Waals surface area contributed by atoms with Crippen LogP contribution in [0.15, 0.2) is 42.6 Å². The van der Waals surface area contributed by atoms with Crippen molar-refractivity contribution in [2.24, 2.45) is 0 Å². The molecule has 5 heteroatoms. The van der Waals surface area contributed by atoms with E-state index in [0.29, 0.717) is 0 Å². The molecule has 1 aliphatic heterocycles. The van der Waals surface area contributed by atoms with Crippen LogP contribution in [0.4, 0.5) is 0 Å². The minimum atomic E-state index is 0.788. The van der Waals surface area contributed by atoms with Crippen LogP contribution < -0.4 is 14.8 Å². The van der Waals surface area contributed by atoms with E-state index in [1.807, 2.05) is 30.5 Å². The Morgan fingerprint density at radius 2 is 1.88 bits per heavy atom. The average Bonchev–Trinajstić information content (AvgIpc) is 3.12. The lowest BCUT2D eigenvalue weighted by Gasteiger charge is -2.13. The number of benzene rings is 1. The molecule has 1 aliphatic rings. The van der Waals surface area contributed by atoms with E-state index in [0.717, 1.165) is 58.9 Å². The number of fused-ring (bicyclic) bond motifs is 1. The number of hydrogen-bond donors (Lipinski definition) is 2. The van der Waals surface area contributed by atoms with Crippen LogP contribution in [0.2, 0.25) is 0 Å². The molecule has 3 aromatic rings. The van der Waals surface area contributed by atoms with Crippen LogP contribution in [0.3, 0.4) is 0 Å². The van der Waals surface area contributed by atoms with Gasteiger partial charge in [-0.2, -0.15) is 0 Å². The molecule has 0 atom stereocenters. The largest absolute Gasteiger partial charge is 0.496 e. The van der Waals surface area contributed by atoms with E-state index in [9.17, 15) is 0 Å². The molecular formula is C20H21N3O2. The van der Waals surface area contributed by atoms with Crippen LogP contribution in [0.1, 0.15) is 12.1 Å². The molecular weight excluding hydrogens is 314 g/mol. The van der Waals surface area contributed by atoms with Gasteiger partial charge in [0.15, 0.2) is 0 Å². The summed E-state index contributed by atoms with van der Waals surface area (Å²) in [5.41, 5.74) is 5.33. The summed E-state index contributed by atoms with van der Waals surface area (Å²) in [6, 6.07) is 10.0. The van der Waals surface area contributed by atoms with Crippen LogP contribution in [0, 0.1) is 0 Å². The van der Waals surface area contributed by atoms with Gasteiger partial charge in [-0.3, -0.25) is 0 Å². The Kier molecular flexibility index (Phi) is 4.15. The Labute approximate surface area is 146 Å². The molecule has 128 valence electrons. The van der Waals surface area contributed by atoms with Gasteiger partial charge in [0.05, 0.1) is 19.8 Å². The molecule has 25 heavy (non-hydrogen) atoms. The maximum atomic E-state index is 5.58. The molecule has 1 aromatic carbocycles. The number of aromatic nitrogens is 2. The molecule has 0 amide bonds. The van der Waals surface area contributed by atoms with Gasteiger partial charge in [0.2, 0.25) is 0 Å². The molecule has 0 unspecified atom stereocenters. The van der Waals surface area contributed by atoms with Crippen molar-refractivity contribution in [3.63, 3.8) is 0 Å². The van der Waals surface area contributed by atoms with Gasteiger partial charge in [-0.05, 0) is 42.8 Å². The molecule has 0 spiro atoms. The van der Waals surface area contributed by atoms with Crippen LogP contribution in [-0.2, 0) is 0 Å². The van der Waals surface area contributed by atoms with Gasteiger partial charge in [-0.15, -0.1) is 0 Å². The van der Waals surface area contributed by atoms with Gasteiger partial charge in [0.25, 0.3) is 0 Å². The Hall–Kier alpha value is -2.79. The standard InChI is InChI=1S/C20H21N3O2/c1-24-17-4-3-5-18(25-2)19(17)14-8-11-22-20-15(14)12-16(23-20)13-6-9-21-10-7-13/h3-6,8,11-12,21H,7,9-10H2,1-2H3,(H,22,23). The Bertz CT molecular complexity index is 921. The number of rotatable bonds is 4. The summed E-state index contributed by atoms with van der Waals surface area (Å²) in [5, 5.41) is 4.42. The number of pyridine rings is 1. The maximum Gasteiger partial charge on any atom is 0.138 e. The number of nitrogens with zero attached hydrogens (tertiary/aromatic N) is 1. The number of methoxy groups -OCH3 is 2. The summed E-state index contributed by atoms with van der Waals surface area (Å²) in [7, 11) is 3.36. The molecule has 0 saturated carbocycles. The molecule has 2 aromatic heterocycles. The highest BCUT2D eigenvalue weighted by Gasteiger charge is 2.18. The number of nitrogens with one attached hydrogen (secondary N) is 2. The first-order chi connectivity index (χ1) is 12.3. The third kappa shape index (κ3) is 2.76. The fraction of sp³-hybridized carbons (Fsp3) is 0.250. The van der Waals surface area contributed by atoms with E-state index < -0.39 is 0 Å². The van der Waals surface area contributed by atoms with Crippen molar-refractivity contribution in [2.75, 3.05) is 27.3 Å². The quantitative estimate of drug-likeness (QED) is 0.764. The number of H-pyrrole nitrogens is 1. The molecule has 0 aliphatic carbocycles. The van der Waals surface area contributed by atoms with E-state index in [-0.39, 0.29) is 0 Å². The lowest BCUT2D eigenvalue weighted by atomic mass is 10.0. The predicted octanol–water partition coefficient (Wildman–Crippen LogP) is 3.62. The smallest absolute Gasteiger partial charge is 0.138 e. The van der Waals surface area contributed by atoms with Crippen molar-refractivity contribution < 1.29 is 9.47 Å². The second-order valence-corrected chi connectivity index (χ2v) is 6.02. The third-order valence-corrected chi connectivity index (χ3v) is 4.64. The van der Waals surface area contributed by atoms with Crippen LogP contribution in [0.5, 0.6) is 11.5 Å². The van der Waals surface area contributed by atoms with E-state index in [1.54, 1.807) is 14.2 Å². The topological polar surface area (TPSA) is 59.2 Å². The van der Waals surface area contributed by atoms with E-state index in [4.69, 9.17) is 9.47 Å². The van der Waals surface area contributed by atoms with Gasteiger partial charge >= 0.3 is 0 Å². The molecule has 0 bridgehead atoms. The molecule has 4 rings (SSSR count). The van der Waals surface area contributed by atoms with Gasteiger partial charge in [-0.25, -0.2) is 4.98 Å². The number of aromatic amines is 1.